The van der Waals surface area contributed by atoms with Gasteiger partial charge in [-0.1, -0.05) is 6.07 Å². The molecule has 29 heavy (non-hydrogen) atoms. The number of rotatable bonds is 8. The number of morpholine rings is 1. The molecular weight excluding hydrogens is 416 g/mol. The zero-order valence-electron chi connectivity index (χ0n) is 16.3. The first-order chi connectivity index (χ1) is 13.8. The number of nitro benzene ring substituents is 1. The van der Waals surface area contributed by atoms with Crippen LogP contribution in [0, 0.1) is 10.1 Å². The Labute approximate surface area is 174 Å². The standard InChI is InChI=1S/C18H24N4O5S2/c1-20(2)17(18-4-3-11-28-18)13-19-15-6-5-14(12-16(15)22(23)24)29(25,26)21-7-9-27-10-8-21/h3-6,11-12,17,19H,7-10,13H2,1-2H3. The summed E-state index contributed by atoms with van der Waals surface area (Å²) in [4.78, 5) is 14.1. The van der Waals surface area contributed by atoms with E-state index in [2.05, 4.69) is 5.32 Å². The molecule has 3 rings (SSSR count). The van der Waals surface area contributed by atoms with E-state index in [1.165, 1.54) is 16.4 Å². The van der Waals surface area contributed by atoms with Crippen LogP contribution in [0.1, 0.15) is 10.9 Å². The van der Waals surface area contributed by atoms with E-state index in [0.29, 0.717) is 25.4 Å². The first-order valence-electron chi connectivity index (χ1n) is 9.10. The maximum absolute atomic E-state index is 12.8. The maximum atomic E-state index is 12.8. The van der Waals surface area contributed by atoms with Gasteiger partial charge in [0.25, 0.3) is 5.69 Å². The number of likely N-dealkylation sites (N-methyl/N-ethyl adjacent to an activating group) is 1. The number of thiophene rings is 1. The van der Waals surface area contributed by atoms with E-state index in [9.17, 15) is 18.5 Å². The Bertz CT molecular complexity index is 941. The molecule has 1 aromatic heterocycles. The van der Waals surface area contributed by atoms with Gasteiger partial charge in [-0.3, -0.25) is 10.1 Å². The van der Waals surface area contributed by atoms with Crippen LogP contribution < -0.4 is 5.32 Å². The maximum Gasteiger partial charge on any atom is 0.293 e. The zero-order chi connectivity index (χ0) is 21.0. The van der Waals surface area contributed by atoms with Crippen LogP contribution in [0.2, 0.25) is 0 Å². The van der Waals surface area contributed by atoms with Crippen LogP contribution in [0.4, 0.5) is 11.4 Å². The second kappa shape index (κ2) is 9.18. The van der Waals surface area contributed by atoms with E-state index >= 15 is 0 Å². The van der Waals surface area contributed by atoms with E-state index < -0.39 is 14.9 Å². The summed E-state index contributed by atoms with van der Waals surface area (Å²) in [7, 11) is 0.0854. The van der Waals surface area contributed by atoms with Crippen LogP contribution in [-0.2, 0) is 14.8 Å². The lowest BCUT2D eigenvalue weighted by Gasteiger charge is -2.26. The van der Waals surface area contributed by atoms with Crippen molar-refractivity contribution in [2.24, 2.45) is 0 Å². The van der Waals surface area contributed by atoms with Gasteiger partial charge < -0.3 is 15.0 Å². The van der Waals surface area contributed by atoms with Crippen molar-refractivity contribution < 1.29 is 18.1 Å². The number of nitrogens with zero attached hydrogens (tertiary/aromatic N) is 3. The molecule has 1 fully saturated rings. The lowest BCUT2D eigenvalue weighted by atomic mass is 10.2. The molecule has 158 valence electrons. The lowest BCUT2D eigenvalue weighted by Crippen LogP contribution is -2.40. The van der Waals surface area contributed by atoms with Crippen molar-refractivity contribution in [1.29, 1.82) is 0 Å². The number of hydrogen-bond donors (Lipinski definition) is 1. The third kappa shape index (κ3) is 4.93. The number of benzene rings is 1. The van der Waals surface area contributed by atoms with Gasteiger partial charge in [0.05, 0.1) is 29.1 Å². The topological polar surface area (TPSA) is 105 Å². The molecule has 1 unspecified atom stereocenters. The Morgan fingerprint density at radius 2 is 2.03 bits per heavy atom. The molecule has 0 amide bonds. The van der Waals surface area contributed by atoms with Gasteiger partial charge in [0.15, 0.2) is 0 Å². The summed E-state index contributed by atoms with van der Waals surface area (Å²) in [5.74, 6) is 0. The van der Waals surface area contributed by atoms with Crippen molar-refractivity contribution in [2.45, 2.75) is 10.9 Å². The lowest BCUT2D eigenvalue weighted by molar-refractivity contribution is -0.384. The quantitative estimate of drug-likeness (QED) is 0.496. The number of anilines is 1. The Balaban J connectivity index is 1.84. The van der Waals surface area contributed by atoms with Crippen LogP contribution >= 0.6 is 11.3 Å². The predicted octanol–water partition coefficient (Wildman–Crippen LogP) is 2.39. The molecule has 1 aromatic carbocycles. The van der Waals surface area contributed by atoms with Gasteiger partial charge in [0.2, 0.25) is 10.0 Å². The van der Waals surface area contributed by atoms with Crippen LogP contribution in [0.3, 0.4) is 0 Å². The smallest absolute Gasteiger partial charge is 0.293 e. The van der Waals surface area contributed by atoms with Crippen molar-refractivity contribution in [3.05, 3.63) is 50.7 Å². The summed E-state index contributed by atoms with van der Waals surface area (Å²) in [6.45, 7) is 1.55. The largest absolute Gasteiger partial charge is 0.379 e. The van der Waals surface area contributed by atoms with Crippen molar-refractivity contribution in [3.63, 3.8) is 0 Å². The second-order valence-electron chi connectivity index (χ2n) is 6.83. The van der Waals surface area contributed by atoms with Crippen LogP contribution in [0.5, 0.6) is 0 Å². The Morgan fingerprint density at radius 3 is 2.62 bits per heavy atom. The molecule has 0 spiro atoms. The molecule has 0 aliphatic carbocycles. The molecule has 11 heteroatoms. The molecule has 1 aliphatic rings. The van der Waals surface area contributed by atoms with Gasteiger partial charge in [-0.2, -0.15) is 4.31 Å². The minimum absolute atomic E-state index is 0.0337. The molecule has 2 aromatic rings. The van der Waals surface area contributed by atoms with Gasteiger partial charge >= 0.3 is 0 Å². The molecular formula is C18H24N4O5S2. The fourth-order valence-electron chi connectivity index (χ4n) is 3.13. The second-order valence-corrected chi connectivity index (χ2v) is 9.75. The first kappa shape index (κ1) is 21.7. The van der Waals surface area contributed by atoms with Crippen molar-refractivity contribution in [1.82, 2.24) is 9.21 Å². The van der Waals surface area contributed by atoms with Crippen molar-refractivity contribution in [3.8, 4) is 0 Å². The number of nitrogens with one attached hydrogen (secondary N) is 1. The fourth-order valence-corrected chi connectivity index (χ4v) is 5.48. The average molecular weight is 441 g/mol. The van der Waals surface area contributed by atoms with E-state index in [1.54, 1.807) is 11.3 Å². The SMILES string of the molecule is CN(C)C(CNc1ccc(S(=O)(=O)N2CCOCC2)cc1[N+](=O)[O-])c1cccs1. The van der Waals surface area contributed by atoms with Gasteiger partial charge in [-0.25, -0.2) is 8.42 Å². The summed E-state index contributed by atoms with van der Waals surface area (Å²) < 4.78 is 32.1. The van der Waals surface area contributed by atoms with Crippen LogP contribution in [-0.4, -0.2) is 69.5 Å². The molecule has 1 atom stereocenters. The van der Waals surface area contributed by atoms with Gasteiger partial charge in [0.1, 0.15) is 5.69 Å². The third-order valence-corrected chi connectivity index (χ3v) is 7.62. The third-order valence-electron chi connectivity index (χ3n) is 4.75. The number of ether oxygens (including phenoxy) is 1. The molecule has 1 N–H and O–H groups in total. The highest BCUT2D eigenvalue weighted by atomic mass is 32.2. The minimum atomic E-state index is -3.80. The van der Waals surface area contributed by atoms with Gasteiger partial charge in [-0.05, 0) is 37.7 Å². The summed E-state index contributed by atoms with van der Waals surface area (Å²) in [5, 5.41) is 16.7. The highest BCUT2D eigenvalue weighted by Crippen LogP contribution is 2.31. The van der Waals surface area contributed by atoms with E-state index in [4.69, 9.17) is 4.74 Å². The predicted molar refractivity (Wildman–Crippen MR) is 112 cm³/mol. The molecule has 9 nitrogen and oxygen atoms in total. The van der Waals surface area contributed by atoms with Gasteiger partial charge in [-0.15, -0.1) is 11.3 Å². The summed E-state index contributed by atoms with van der Waals surface area (Å²) in [6, 6.07) is 8.02. The minimum Gasteiger partial charge on any atom is -0.379 e. The Kier molecular flexibility index (Phi) is 6.85. The molecule has 0 saturated carbocycles. The molecule has 0 bridgehead atoms. The van der Waals surface area contributed by atoms with Gasteiger partial charge in [0, 0.05) is 30.6 Å². The van der Waals surface area contributed by atoms with Crippen molar-refractivity contribution >= 4 is 32.7 Å². The Morgan fingerprint density at radius 1 is 1.31 bits per heavy atom. The van der Waals surface area contributed by atoms with Crippen molar-refractivity contribution in [2.75, 3.05) is 52.3 Å². The van der Waals surface area contributed by atoms with E-state index in [0.717, 1.165) is 10.9 Å². The van der Waals surface area contributed by atoms with Crippen LogP contribution in [0.15, 0.2) is 40.6 Å². The molecule has 1 aliphatic heterocycles. The Hall–Kier alpha value is -2.05. The highest BCUT2D eigenvalue weighted by molar-refractivity contribution is 7.89. The molecule has 2 heterocycles. The number of hydrogen-bond acceptors (Lipinski definition) is 8. The normalized spacial score (nSPS) is 16.7. The summed E-state index contributed by atoms with van der Waals surface area (Å²) in [5.41, 5.74) is 0.0300. The van der Waals surface area contributed by atoms with E-state index in [1.807, 2.05) is 36.5 Å². The monoisotopic (exact) mass is 440 g/mol. The molecule has 1 saturated heterocycles. The number of nitro groups is 1. The zero-order valence-corrected chi connectivity index (χ0v) is 17.9. The fraction of sp³-hybridized carbons (Fsp3) is 0.444. The first-order valence-corrected chi connectivity index (χ1v) is 11.4. The summed E-state index contributed by atoms with van der Waals surface area (Å²) in [6.07, 6.45) is 0. The van der Waals surface area contributed by atoms with Crippen LogP contribution in [0.25, 0.3) is 0 Å². The average Bonchev–Trinajstić information content (AvgIpc) is 3.23. The number of sulfonamides is 1. The highest BCUT2D eigenvalue weighted by Gasteiger charge is 2.29. The summed E-state index contributed by atoms with van der Waals surface area (Å²) >= 11 is 1.62. The molecule has 0 radical (unpaired) electrons. The van der Waals surface area contributed by atoms with E-state index in [-0.39, 0.29) is 29.7 Å².